The van der Waals surface area contributed by atoms with Gasteiger partial charge in [0.2, 0.25) is 0 Å². The van der Waals surface area contributed by atoms with Crippen LogP contribution in [0.5, 0.6) is 5.75 Å². The minimum absolute atomic E-state index is 0.256. The lowest BCUT2D eigenvalue weighted by molar-refractivity contribution is -0.135. The van der Waals surface area contributed by atoms with Crippen molar-refractivity contribution < 1.29 is 19.1 Å². The molecule has 0 unspecified atom stereocenters. The highest BCUT2D eigenvalue weighted by molar-refractivity contribution is 9.11. The van der Waals surface area contributed by atoms with E-state index >= 15 is 0 Å². The quantitative estimate of drug-likeness (QED) is 0.491. The van der Waals surface area contributed by atoms with E-state index in [0.29, 0.717) is 12.2 Å². The second-order valence-corrected chi connectivity index (χ2v) is 7.52. The molecular formula is C17H21Br2NO4. The van der Waals surface area contributed by atoms with E-state index in [9.17, 15) is 9.59 Å². The first kappa shape index (κ1) is 20.7. The highest BCUT2D eigenvalue weighted by Crippen LogP contribution is 2.26. The number of ether oxygens (including phenoxy) is 2. The summed E-state index contributed by atoms with van der Waals surface area (Å²) in [5.41, 5.74) is -0.708. The summed E-state index contributed by atoms with van der Waals surface area (Å²) in [6, 6.07) is 5.47. The fourth-order valence-corrected chi connectivity index (χ4v) is 3.12. The van der Waals surface area contributed by atoms with Gasteiger partial charge in [0.15, 0.2) is 6.10 Å². The number of carbonyl (C=O) groups is 2. The van der Waals surface area contributed by atoms with Gasteiger partial charge in [-0.25, -0.2) is 4.79 Å². The molecule has 5 nitrogen and oxygen atoms in total. The molecule has 24 heavy (non-hydrogen) atoms. The molecule has 1 rings (SSSR count). The molecule has 1 aromatic rings. The number of benzene rings is 1. The van der Waals surface area contributed by atoms with Crippen LogP contribution >= 0.6 is 31.9 Å². The number of methoxy groups -OCH3 is 1. The fourth-order valence-electron chi connectivity index (χ4n) is 1.87. The zero-order valence-electron chi connectivity index (χ0n) is 14.1. The molecule has 0 fully saturated rings. The van der Waals surface area contributed by atoms with Crippen molar-refractivity contribution in [2.45, 2.75) is 38.8 Å². The molecule has 7 heteroatoms. The third-order valence-electron chi connectivity index (χ3n) is 3.06. The summed E-state index contributed by atoms with van der Waals surface area (Å²) < 4.78 is 12.0. The SMILES string of the molecule is CC[C@@H](Oc1cc(Br)cc(Br)c1)C(=O)NC(C)(C)/C=C/C(=O)OC. The van der Waals surface area contributed by atoms with Crippen LogP contribution in [0.3, 0.4) is 0 Å². The number of rotatable bonds is 7. The van der Waals surface area contributed by atoms with Gasteiger partial charge >= 0.3 is 5.97 Å². The maximum absolute atomic E-state index is 12.5. The van der Waals surface area contributed by atoms with Crippen molar-refractivity contribution >= 4 is 43.7 Å². The second-order valence-electron chi connectivity index (χ2n) is 5.69. The van der Waals surface area contributed by atoms with E-state index in [1.807, 2.05) is 13.0 Å². The summed E-state index contributed by atoms with van der Waals surface area (Å²) in [4.78, 5) is 23.7. The van der Waals surface area contributed by atoms with Crippen molar-refractivity contribution in [2.24, 2.45) is 0 Å². The first-order valence-electron chi connectivity index (χ1n) is 7.39. The van der Waals surface area contributed by atoms with Gasteiger partial charge in [0.25, 0.3) is 5.91 Å². The summed E-state index contributed by atoms with van der Waals surface area (Å²) in [7, 11) is 1.30. The van der Waals surface area contributed by atoms with Gasteiger partial charge in [0.05, 0.1) is 12.6 Å². The largest absolute Gasteiger partial charge is 0.481 e. The summed E-state index contributed by atoms with van der Waals surface area (Å²) in [6.45, 7) is 5.44. The normalized spacial score (nSPS) is 12.8. The first-order valence-corrected chi connectivity index (χ1v) is 8.97. The summed E-state index contributed by atoms with van der Waals surface area (Å²) in [5, 5.41) is 2.85. The molecule has 0 bridgehead atoms. The number of nitrogens with one attached hydrogen (secondary N) is 1. The van der Waals surface area contributed by atoms with Gasteiger partial charge < -0.3 is 14.8 Å². The molecule has 0 saturated carbocycles. The molecule has 0 spiro atoms. The number of hydrogen-bond donors (Lipinski definition) is 1. The number of carbonyl (C=O) groups excluding carboxylic acids is 2. The lowest BCUT2D eigenvalue weighted by Gasteiger charge is -2.26. The van der Waals surface area contributed by atoms with Gasteiger partial charge in [0, 0.05) is 15.0 Å². The summed E-state index contributed by atoms with van der Waals surface area (Å²) >= 11 is 6.78. The molecule has 0 aliphatic rings. The van der Waals surface area contributed by atoms with Gasteiger partial charge in [-0.15, -0.1) is 0 Å². The lowest BCUT2D eigenvalue weighted by atomic mass is 10.0. The zero-order chi connectivity index (χ0) is 18.3. The topological polar surface area (TPSA) is 64.6 Å². The number of amides is 1. The molecule has 1 amide bonds. The molecule has 1 atom stereocenters. The third-order valence-corrected chi connectivity index (χ3v) is 3.98. The summed E-state index contributed by atoms with van der Waals surface area (Å²) in [6.07, 6.45) is 2.73. The minimum Gasteiger partial charge on any atom is -0.481 e. The van der Waals surface area contributed by atoms with E-state index in [1.165, 1.54) is 13.2 Å². The van der Waals surface area contributed by atoms with Gasteiger partial charge in [-0.05, 0) is 38.5 Å². The molecule has 132 valence electrons. The van der Waals surface area contributed by atoms with Gasteiger partial charge in [0.1, 0.15) is 5.75 Å². The van der Waals surface area contributed by atoms with Gasteiger partial charge in [-0.2, -0.15) is 0 Å². The average Bonchev–Trinajstić information content (AvgIpc) is 2.48. The Labute approximate surface area is 159 Å². The van der Waals surface area contributed by atoms with Crippen LogP contribution in [0.1, 0.15) is 27.2 Å². The maximum Gasteiger partial charge on any atom is 0.330 e. The van der Waals surface area contributed by atoms with Gasteiger partial charge in [-0.1, -0.05) is 44.9 Å². The predicted octanol–water partition coefficient (Wildman–Crippen LogP) is 3.99. The molecule has 0 aliphatic carbocycles. The number of esters is 1. The Balaban J connectivity index is 2.79. The van der Waals surface area contributed by atoms with Crippen molar-refractivity contribution in [2.75, 3.05) is 7.11 Å². The van der Waals surface area contributed by atoms with Crippen LogP contribution in [-0.4, -0.2) is 30.6 Å². The van der Waals surface area contributed by atoms with E-state index in [1.54, 1.807) is 32.1 Å². The van der Waals surface area contributed by atoms with Gasteiger partial charge in [-0.3, -0.25) is 4.79 Å². The van der Waals surface area contributed by atoms with Crippen molar-refractivity contribution in [3.05, 3.63) is 39.3 Å². The molecular weight excluding hydrogens is 442 g/mol. The molecule has 0 heterocycles. The van der Waals surface area contributed by atoms with Crippen LogP contribution in [0.15, 0.2) is 39.3 Å². The van der Waals surface area contributed by atoms with Crippen molar-refractivity contribution in [3.8, 4) is 5.75 Å². The molecule has 1 aromatic carbocycles. The van der Waals surface area contributed by atoms with Crippen LogP contribution < -0.4 is 10.1 Å². The van der Waals surface area contributed by atoms with Crippen LogP contribution in [0.4, 0.5) is 0 Å². The highest BCUT2D eigenvalue weighted by atomic mass is 79.9. The number of halogens is 2. The van der Waals surface area contributed by atoms with E-state index < -0.39 is 17.6 Å². The Morgan fingerprint density at radius 2 is 1.83 bits per heavy atom. The Morgan fingerprint density at radius 3 is 2.33 bits per heavy atom. The van der Waals surface area contributed by atoms with Crippen LogP contribution in [0.2, 0.25) is 0 Å². The standard InChI is InChI=1S/C17H21Br2NO4/c1-5-14(24-13-9-11(18)8-12(19)10-13)16(22)20-17(2,3)7-6-15(21)23-4/h6-10,14H,5H2,1-4H3,(H,20,22)/b7-6+/t14-/m1/s1. The fraction of sp³-hybridized carbons (Fsp3) is 0.412. The maximum atomic E-state index is 12.5. The van der Waals surface area contributed by atoms with Crippen LogP contribution in [-0.2, 0) is 14.3 Å². The van der Waals surface area contributed by atoms with E-state index in [-0.39, 0.29) is 5.91 Å². The van der Waals surface area contributed by atoms with Crippen molar-refractivity contribution in [1.29, 1.82) is 0 Å². The smallest absolute Gasteiger partial charge is 0.330 e. The molecule has 0 radical (unpaired) electrons. The highest BCUT2D eigenvalue weighted by Gasteiger charge is 2.25. The van der Waals surface area contributed by atoms with Crippen LogP contribution in [0.25, 0.3) is 0 Å². The molecule has 0 aliphatic heterocycles. The molecule has 1 N–H and O–H groups in total. The molecule has 0 aromatic heterocycles. The van der Waals surface area contributed by atoms with Crippen LogP contribution in [0, 0.1) is 0 Å². The Kier molecular flexibility index (Phi) is 7.96. The number of hydrogen-bond acceptors (Lipinski definition) is 4. The Hall–Kier alpha value is -1.34. The lowest BCUT2D eigenvalue weighted by Crippen LogP contribution is -2.48. The summed E-state index contributed by atoms with van der Waals surface area (Å²) in [5.74, 6) is -0.145. The Morgan fingerprint density at radius 1 is 1.25 bits per heavy atom. The molecule has 0 saturated heterocycles. The van der Waals surface area contributed by atoms with E-state index in [2.05, 4.69) is 41.9 Å². The third kappa shape index (κ3) is 7.05. The first-order chi connectivity index (χ1) is 11.2. The van der Waals surface area contributed by atoms with E-state index in [0.717, 1.165) is 8.95 Å². The predicted molar refractivity (Wildman–Crippen MR) is 99.9 cm³/mol. The second kappa shape index (κ2) is 9.22. The van der Waals surface area contributed by atoms with Crippen molar-refractivity contribution in [1.82, 2.24) is 5.32 Å². The average molecular weight is 463 g/mol. The zero-order valence-corrected chi connectivity index (χ0v) is 17.2. The minimum atomic E-state index is -0.708. The van der Waals surface area contributed by atoms with Crippen molar-refractivity contribution in [3.63, 3.8) is 0 Å². The Bertz CT molecular complexity index is 609. The van der Waals surface area contributed by atoms with E-state index in [4.69, 9.17) is 4.74 Å². The monoisotopic (exact) mass is 461 g/mol.